The Balaban J connectivity index is -0.000000407. The number of likely N-dealkylation sites (N-methyl/N-ethyl adjacent to an activating group) is 1. The third-order valence-electron chi connectivity index (χ3n) is 3.57. The number of benzene rings is 1. The zero-order chi connectivity index (χ0) is 28.2. The van der Waals surface area contributed by atoms with Gasteiger partial charge in [0.25, 0.3) is 0 Å². The van der Waals surface area contributed by atoms with Gasteiger partial charge in [-0.2, -0.15) is 0 Å². The zero-order valence-electron chi connectivity index (χ0n) is 22.2. The summed E-state index contributed by atoms with van der Waals surface area (Å²) in [4.78, 5) is 33.2. The number of aliphatic hydroxyl groups is 1. The van der Waals surface area contributed by atoms with Crippen molar-refractivity contribution in [3.63, 3.8) is 0 Å². The fourth-order valence-corrected chi connectivity index (χ4v) is 1.61. The minimum atomic E-state index is -0.501. The lowest BCUT2D eigenvalue weighted by Gasteiger charge is -2.09. The van der Waals surface area contributed by atoms with Crippen LogP contribution in [0.5, 0.6) is 0 Å². The Morgan fingerprint density at radius 1 is 0.917 bits per heavy atom. The molecule has 0 fully saturated rings. The number of nitrogens with zero attached hydrogens (tertiary/aromatic N) is 1. The van der Waals surface area contributed by atoms with E-state index < -0.39 is 5.97 Å². The Morgan fingerprint density at radius 3 is 1.81 bits per heavy atom. The van der Waals surface area contributed by atoms with Gasteiger partial charge in [-0.25, -0.2) is 14.4 Å². The Labute approximate surface area is 216 Å². The van der Waals surface area contributed by atoms with Crippen molar-refractivity contribution in [2.75, 3.05) is 47.1 Å². The van der Waals surface area contributed by atoms with E-state index in [2.05, 4.69) is 35.8 Å². The summed E-state index contributed by atoms with van der Waals surface area (Å²) in [6.45, 7) is 18.8. The molecule has 8 heteroatoms. The topological polar surface area (TPSA) is 102 Å². The van der Waals surface area contributed by atoms with Gasteiger partial charge in [-0.1, -0.05) is 76.1 Å². The molecular formula is C28H43NO7. The highest BCUT2D eigenvalue weighted by molar-refractivity contribution is 5.86. The second-order valence-corrected chi connectivity index (χ2v) is 7.15. The van der Waals surface area contributed by atoms with Crippen molar-refractivity contribution in [1.29, 1.82) is 0 Å². The maximum Gasteiger partial charge on any atom is 0.333 e. The largest absolute Gasteiger partial charge is 0.463 e. The van der Waals surface area contributed by atoms with Crippen LogP contribution in [-0.2, 0) is 28.6 Å². The van der Waals surface area contributed by atoms with Crippen LogP contribution in [0, 0.1) is 0 Å². The first-order valence-electron chi connectivity index (χ1n) is 11.4. The molecule has 1 rings (SSSR count). The van der Waals surface area contributed by atoms with Gasteiger partial charge < -0.3 is 24.2 Å². The molecule has 0 aromatic heterocycles. The van der Waals surface area contributed by atoms with Crippen molar-refractivity contribution in [3.8, 4) is 0 Å². The first-order valence-corrected chi connectivity index (χ1v) is 11.4. The van der Waals surface area contributed by atoms with E-state index in [1.807, 2.05) is 62.3 Å². The van der Waals surface area contributed by atoms with Gasteiger partial charge in [0.15, 0.2) is 0 Å². The molecule has 0 aliphatic rings. The molecule has 0 saturated carbocycles. The first kappa shape index (κ1) is 37.1. The third kappa shape index (κ3) is 30.5. The number of esters is 3. The lowest BCUT2D eigenvalue weighted by Crippen LogP contribution is -2.20. The van der Waals surface area contributed by atoms with Gasteiger partial charge in [0.2, 0.25) is 0 Å². The molecule has 0 aliphatic carbocycles. The van der Waals surface area contributed by atoms with Crippen LogP contribution in [-0.4, -0.2) is 75.0 Å². The van der Waals surface area contributed by atoms with Crippen molar-refractivity contribution < 1.29 is 33.7 Å². The van der Waals surface area contributed by atoms with Crippen LogP contribution in [0.25, 0.3) is 6.08 Å². The predicted octanol–water partition coefficient (Wildman–Crippen LogP) is 4.22. The molecule has 0 spiro atoms. The van der Waals surface area contributed by atoms with Gasteiger partial charge in [-0.05, 0) is 33.0 Å². The molecule has 0 heterocycles. The first-order chi connectivity index (χ1) is 17.1. The highest BCUT2D eigenvalue weighted by atomic mass is 16.5. The van der Waals surface area contributed by atoms with Crippen LogP contribution < -0.4 is 0 Å². The van der Waals surface area contributed by atoms with E-state index in [9.17, 15) is 14.4 Å². The van der Waals surface area contributed by atoms with Crippen LogP contribution in [0.15, 0.2) is 74.4 Å². The monoisotopic (exact) mass is 505 g/mol. The predicted molar refractivity (Wildman–Crippen MR) is 145 cm³/mol. The Kier molecular flexibility index (Phi) is 28.6. The molecular weight excluding hydrogens is 462 g/mol. The van der Waals surface area contributed by atoms with Crippen molar-refractivity contribution >= 4 is 24.0 Å². The smallest absolute Gasteiger partial charge is 0.333 e. The normalized spacial score (nSPS) is 8.83. The molecule has 36 heavy (non-hydrogen) atoms. The molecule has 1 aromatic rings. The lowest BCUT2D eigenvalue weighted by atomic mass is 10.2. The quantitative estimate of drug-likeness (QED) is 0.195. The zero-order valence-corrected chi connectivity index (χ0v) is 22.2. The minimum absolute atomic E-state index is 0.0465. The van der Waals surface area contributed by atoms with Crippen molar-refractivity contribution in [1.82, 2.24) is 4.90 Å². The molecule has 1 aromatic carbocycles. The maximum absolute atomic E-state index is 10.8. The Hall–Kier alpha value is -3.49. The average Bonchev–Trinajstić information content (AvgIpc) is 2.88. The number of ether oxygens (including phenoxy) is 3. The van der Waals surface area contributed by atoms with E-state index in [1.165, 1.54) is 11.6 Å². The van der Waals surface area contributed by atoms with Gasteiger partial charge in [-0.15, -0.1) is 0 Å². The van der Waals surface area contributed by atoms with E-state index in [4.69, 9.17) is 9.84 Å². The van der Waals surface area contributed by atoms with Crippen LogP contribution in [0.3, 0.4) is 0 Å². The minimum Gasteiger partial charge on any atom is -0.463 e. The summed E-state index contributed by atoms with van der Waals surface area (Å²) in [5, 5.41) is 8.10. The van der Waals surface area contributed by atoms with Crippen LogP contribution in [0.4, 0.5) is 0 Å². The second kappa shape index (κ2) is 27.8. The fraction of sp³-hybridized carbons (Fsp3) is 0.393. The SMILES string of the molecule is C=C(C)C(=O)OCCN(C)C.C=CC(=O)OCCCC.C=CC(=O)OCCO.C=Cc1ccccc1. The van der Waals surface area contributed by atoms with E-state index in [-0.39, 0.29) is 25.2 Å². The lowest BCUT2D eigenvalue weighted by molar-refractivity contribution is -0.139. The van der Waals surface area contributed by atoms with E-state index in [0.29, 0.717) is 18.8 Å². The molecule has 0 aliphatic heterocycles. The highest BCUT2D eigenvalue weighted by Gasteiger charge is 2.01. The van der Waals surface area contributed by atoms with Gasteiger partial charge in [0.1, 0.15) is 13.2 Å². The highest BCUT2D eigenvalue weighted by Crippen LogP contribution is 1.97. The number of rotatable bonds is 12. The molecule has 0 unspecified atom stereocenters. The number of hydrogen-bond donors (Lipinski definition) is 1. The van der Waals surface area contributed by atoms with Crippen molar-refractivity contribution in [2.45, 2.75) is 26.7 Å². The molecule has 0 saturated heterocycles. The summed E-state index contributed by atoms with van der Waals surface area (Å²) >= 11 is 0. The maximum atomic E-state index is 10.8. The number of unbranched alkanes of at least 4 members (excludes halogenated alkanes) is 1. The molecule has 8 nitrogen and oxygen atoms in total. The fourth-order valence-electron chi connectivity index (χ4n) is 1.61. The van der Waals surface area contributed by atoms with Gasteiger partial charge >= 0.3 is 17.9 Å². The standard InChI is InChI=1S/C8H15NO2.C8H8.C7H12O2.C5H8O3/c1-7(2)8(10)11-6-5-9(3)4;1-2-8-6-4-3-5-7-8;1-3-5-6-9-7(8)4-2;1-2-5(7)8-4-3-6/h1,5-6H2,2-4H3;2-7H,1H2;4H,2-3,5-6H2,1H3;2,6H,1,3-4H2. The van der Waals surface area contributed by atoms with Crippen molar-refractivity contribution in [3.05, 3.63) is 79.9 Å². The Bertz CT molecular complexity index is 758. The van der Waals surface area contributed by atoms with E-state index in [0.717, 1.165) is 25.5 Å². The van der Waals surface area contributed by atoms with Gasteiger partial charge in [0.05, 0.1) is 13.2 Å². The summed E-state index contributed by atoms with van der Waals surface area (Å²) in [6.07, 6.45) is 6.04. The Morgan fingerprint density at radius 2 is 1.44 bits per heavy atom. The summed E-state index contributed by atoms with van der Waals surface area (Å²) in [5.41, 5.74) is 1.62. The number of hydrogen-bond acceptors (Lipinski definition) is 8. The van der Waals surface area contributed by atoms with Gasteiger partial charge in [-0.3, -0.25) is 0 Å². The number of carbonyl (C=O) groups is 3. The van der Waals surface area contributed by atoms with Crippen LogP contribution in [0.1, 0.15) is 32.3 Å². The molecule has 0 amide bonds. The molecule has 0 bridgehead atoms. The number of carbonyl (C=O) groups excluding carboxylic acids is 3. The molecule has 1 N–H and O–H groups in total. The van der Waals surface area contributed by atoms with Gasteiger partial charge in [0, 0.05) is 24.3 Å². The third-order valence-corrected chi connectivity index (χ3v) is 3.57. The second-order valence-electron chi connectivity index (χ2n) is 7.15. The molecule has 0 radical (unpaired) electrons. The van der Waals surface area contributed by atoms with E-state index >= 15 is 0 Å². The van der Waals surface area contributed by atoms with Crippen LogP contribution in [0.2, 0.25) is 0 Å². The van der Waals surface area contributed by atoms with Crippen LogP contribution >= 0.6 is 0 Å². The van der Waals surface area contributed by atoms with E-state index in [1.54, 1.807) is 6.92 Å². The molecule has 202 valence electrons. The molecule has 0 atom stereocenters. The summed E-state index contributed by atoms with van der Waals surface area (Å²) < 4.78 is 13.8. The average molecular weight is 506 g/mol. The summed E-state index contributed by atoms with van der Waals surface area (Å²) in [5.74, 6) is -1.14. The summed E-state index contributed by atoms with van der Waals surface area (Å²) in [7, 11) is 3.85. The number of aliphatic hydroxyl groups excluding tert-OH is 1. The van der Waals surface area contributed by atoms with Crippen molar-refractivity contribution in [2.24, 2.45) is 0 Å². The summed E-state index contributed by atoms with van der Waals surface area (Å²) in [6, 6.07) is 10.0.